The van der Waals surface area contributed by atoms with E-state index in [1.165, 1.54) is 9.79 Å². The van der Waals surface area contributed by atoms with Crippen molar-refractivity contribution in [2.45, 2.75) is 65.2 Å². The number of thioether (sulfide) groups is 2. The quantitative estimate of drug-likeness (QED) is 0.248. The molecule has 158 valence electrons. The number of carbonyl (C=O) groups is 1. The van der Waals surface area contributed by atoms with Crippen molar-refractivity contribution in [3.8, 4) is 0 Å². The maximum absolute atomic E-state index is 12.9. The predicted octanol–water partition coefficient (Wildman–Crippen LogP) is 7.98. The van der Waals surface area contributed by atoms with Crippen LogP contribution in [0.3, 0.4) is 0 Å². The number of carbonyl (C=O) groups excluding carboxylic acids is 1. The van der Waals surface area contributed by atoms with Gasteiger partial charge >= 0.3 is 0 Å². The molecule has 30 heavy (non-hydrogen) atoms. The molecular weight excluding hydrogens is 404 g/mol. The van der Waals surface area contributed by atoms with E-state index in [0.29, 0.717) is 16.3 Å². The summed E-state index contributed by atoms with van der Waals surface area (Å²) >= 11 is 3.71. The van der Waals surface area contributed by atoms with Crippen LogP contribution in [0.4, 0.5) is 0 Å². The molecule has 0 amide bonds. The summed E-state index contributed by atoms with van der Waals surface area (Å²) in [6.07, 6.45) is 10.8. The molecule has 0 heterocycles. The Labute approximate surface area is 190 Å². The first kappa shape index (κ1) is 23.0. The lowest BCUT2D eigenvalue weighted by molar-refractivity contribution is -0.126. The number of Topliss-reactive ketones (excluding diaryl/α,β-unsaturated/α-hetero) is 1. The molecule has 0 spiro atoms. The van der Waals surface area contributed by atoms with E-state index >= 15 is 0 Å². The van der Waals surface area contributed by atoms with E-state index in [1.807, 2.05) is 47.8 Å². The maximum atomic E-state index is 12.9. The fraction of sp³-hybridized carbons (Fsp3) is 0.370. The van der Waals surface area contributed by atoms with Gasteiger partial charge in [0.15, 0.2) is 0 Å². The molecule has 1 aliphatic rings. The monoisotopic (exact) mass is 436 g/mol. The summed E-state index contributed by atoms with van der Waals surface area (Å²) in [5.74, 6) is 0.475. The van der Waals surface area contributed by atoms with Crippen molar-refractivity contribution < 1.29 is 4.79 Å². The molecule has 0 bridgehead atoms. The second-order valence-electron chi connectivity index (χ2n) is 8.04. The molecular formula is C27H32OS2. The molecule has 1 nitrogen and oxygen atoms in total. The summed E-state index contributed by atoms with van der Waals surface area (Å²) in [4.78, 5) is 15.5. The number of rotatable bonds is 12. The fourth-order valence-electron chi connectivity index (χ4n) is 4.28. The summed E-state index contributed by atoms with van der Waals surface area (Å²) in [5, 5.41) is 0.679. The lowest BCUT2D eigenvalue weighted by Gasteiger charge is -2.30. The molecule has 2 unspecified atom stereocenters. The zero-order valence-electron chi connectivity index (χ0n) is 17.7. The molecule has 0 aromatic heterocycles. The van der Waals surface area contributed by atoms with Gasteiger partial charge in [0.25, 0.3) is 0 Å². The average molecular weight is 437 g/mol. The largest absolute Gasteiger partial charge is 0.299 e. The minimum Gasteiger partial charge on any atom is -0.299 e. The third-order valence-electron chi connectivity index (χ3n) is 6.05. The van der Waals surface area contributed by atoms with Gasteiger partial charge < -0.3 is 0 Å². The standard InChI is InChI=1S/C27H32OS2/c1-3-22(29-24-12-7-5-8-13-24)17-20-27(19-11-16-26(27)28)21-18-23(4-2)30-25-14-9-6-10-15-25/h3-10,12-15,22-23H,1-2,11,16-21H2. The van der Waals surface area contributed by atoms with Gasteiger partial charge in [-0.15, -0.1) is 36.7 Å². The van der Waals surface area contributed by atoms with Crippen LogP contribution in [0.2, 0.25) is 0 Å². The van der Waals surface area contributed by atoms with Gasteiger partial charge in [-0.3, -0.25) is 4.79 Å². The van der Waals surface area contributed by atoms with Crippen LogP contribution in [0, 0.1) is 5.41 Å². The second-order valence-corrected chi connectivity index (χ2v) is 10.7. The number of ketones is 1. The summed E-state index contributed by atoms with van der Waals surface area (Å²) in [5.41, 5.74) is -0.156. The molecule has 3 heteroatoms. The molecule has 1 fully saturated rings. The maximum Gasteiger partial charge on any atom is 0.139 e. The van der Waals surface area contributed by atoms with Crippen LogP contribution >= 0.6 is 23.5 Å². The van der Waals surface area contributed by atoms with E-state index in [-0.39, 0.29) is 5.41 Å². The summed E-state index contributed by atoms with van der Waals surface area (Å²) in [6.45, 7) is 8.11. The molecule has 2 atom stereocenters. The van der Waals surface area contributed by atoms with Gasteiger partial charge in [0, 0.05) is 32.1 Å². The normalized spacial score (nSPS) is 20.6. The number of benzene rings is 2. The smallest absolute Gasteiger partial charge is 0.139 e. The summed E-state index contributed by atoms with van der Waals surface area (Å²) < 4.78 is 0. The molecule has 0 N–H and O–H groups in total. The Morgan fingerprint density at radius 3 is 1.67 bits per heavy atom. The molecule has 2 aromatic carbocycles. The van der Waals surface area contributed by atoms with Crippen LogP contribution in [0.15, 0.2) is 95.8 Å². The van der Waals surface area contributed by atoms with Crippen molar-refractivity contribution in [1.29, 1.82) is 0 Å². The third-order valence-corrected chi connectivity index (χ3v) is 8.60. The molecule has 1 saturated carbocycles. The van der Waals surface area contributed by atoms with Crippen LogP contribution in [0.1, 0.15) is 44.9 Å². The average Bonchev–Trinajstić information content (AvgIpc) is 3.15. The summed E-state index contributed by atoms with van der Waals surface area (Å²) in [6, 6.07) is 21.0. The molecule has 0 saturated heterocycles. The number of hydrogen-bond donors (Lipinski definition) is 0. The van der Waals surface area contributed by atoms with Gasteiger partial charge in [0.1, 0.15) is 5.78 Å². The fourth-order valence-corrected chi connectivity index (χ4v) is 6.27. The van der Waals surface area contributed by atoms with Gasteiger partial charge in [-0.2, -0.15) is 0 Å². The van der Waals surface area contributed by atoms with Gasteiger partial charge in [0.2, 0.25) is 0 Å². The Morgan fingerprint density at radius 1 is 0.833 bits per heavy atom. The topological polar surface area (TPSA) is 17.1 Å². The Balaban J connectivity index is 1.60. The van der Waals surface area contributed by atoms with Crippen LogP contribution in [0.5, 0.6) is 0 Å². The van der Waals surface area contributed by atoms with E-state index in [2.05, 4.69) is 61.7 Å². The molecule has 0 aliphatic heterocycles. The van der Waals surface area contributed by atoms with Crippen molar-refractivity contribution in [2.24, 2.45) is 5.41 Å². The van der Waals surface area contributed by atoms with Gasteiger partial charge in [-0.05, 0) is 62.8 Å². The lowest BCUT2D eigenvalue weighted by atomic mass is 9.76. The van der Waals surface area contributed by atoms with E-state index in [4.69, 9.17) is 0 Å². The Bertz CT molecular complexity index is 758. The zero-order valence-corrected chi connectivity index (χ0v) is 19.3. The first-order valence-electron chi connectivity index (χ1n) is 10.9. The third kappa shape index (κ3) is 6.39. The molecule has 3 rings (SSSR count). The lowest BCUT2D eigenvalue weighted by Crippen LogP contribution is -2.28. The second kappa shape index (κ2) is 11.6. The van der Waals surface area contributed by atoms with E-state index in [0.717, 1.165) is 44.9 Å². The molecule has 2 aromatic rings. The van der Waals surface area contributed by atoms with E-state index < -0.39 is 0 Å². The van der Waals surface area contributed by atoms with Gasteiger partial charge in [0.05, 0.1) is 0 Å². The van der Waals surface area contributed by atoms with E-state index in [9.17, 15) is 4.79 Å². The SMILES string of the molecule is C=CC(CCC1(CCC(C=C)Sc2ccccc2)CCCC1=O)Sc1ccccc1. The van der Waals surface area contributed by atoms with E-state index in [1.54, 1.807) is 0 Å². The van der Waals surface area contributed by atoms with Crippen LogP contribution in [0.25, 0.3) is 0 Å². The van der Waals surface area contributed by atoms with Crippen LogP contribution < -0.4 is 0 Å². The van der Waals surface area contributed by atoms with Crippen LogP contribution in [-0.4, -0.2) is 16.3 Å². The molecule has 0 radical (unpaired) electrons. The van der Waals surface area contributed by atoms with Crippen molar-refractivity contribution in [1.82, 2.24) is 0 Å². The summed E-state index contributed by atoms with van der Waals surface area (Å²) in [7, 11) is 0. The Hall–Kier alpha value is -1.71. The highest BCUT2D eigenvalue weighted by atomic mass is 32.2. The first-order chi connectivity index (χ1) is 14.6. The predicted molar refractivity (Wildman–Crippen MR) is 132 cm³/mol. The van der Waals surface area contributed by atoms with Gasteiger partial charge in [-0.25, -0.2) is 0 Å². The van der Waals surface area contributed by atoms with Crippen LogP contribution in [-0.2, 0) is 4.79 Å². The van der Waals surface area contributed by atoms with Gasteiger partial charge in [-0.1, -0.05) is 48.6 Å². The van der Waals surface area contributed by atoms with Crippen molar-refractivity contribution in [3.05, 3.63) is 86.0 Å². The molecule has 1 aliphatic carbocycles. The van der Waals surface area contributed by atoms with Crippen molar-refractivity contribution >= 4 is 29.3 Å². The first-order valence-corrected chi connectivity index (χ1v) is 12.6. The zero-order chi connectivity index (χ0) is 21.2. The minimum atomic E-state index is -0.156. The Morgan fingerprint density at radius 2 is 1.30 bits per heavy atom. The Kier molecular flexibility index (Phi) is 8.89. The van der Waals surface area contributed by atoms with Crippen molar-refractivity contribution in [2.75, 3.05) is 0 Å². The van der Waals surface area contributed by atoms with Crippen molar-refractivity contribution in [3.63, 3.8) is 0 Å². The highest BCUT2D eigenvalue weighted by Crippen LogP contribution is 2.45. The highest BCUT2D eigenvalue weighted by molar-refractivity contribution is 8.00. The highest BCUT2D eigenvalue weighted by Gasteiger charge is 2.41. The minimum absolute atomic E-state index is 0.156. The number of hydrogen-bond acceptors (Lipinski definition) is 3.